The molecule has 2 aliphatic rings. The van der Waals surface area contributed by atoms with E-state index in [0.717, 1.165) is 11.1 Å². The summed E-state index contributed by atoms with van der Waals surface area (Å²) < 4.78 is 6.96. The molecule has 0 atom stereocenters. The highest BCUT2D eigenvalue weighted by molar-refractivity contribution is 6.00. The van der Waals surface area contributed by atoms with Crippen LogP contribution >= 0.6 is 0 Å². The summed E-state index contributed by atoms with van der Waals surface area (Å²) in [6, 6.07) is 5.44. The Morgan fingerprint density at radius 3 is 2.96 bits per heavy atom. The van der Waals surface area contributed by atoms with Crippen LogP contribution in [0.3, 0.4) is 0 Å². The molecule has 2 aromatic rings. The number of carbonyl (C=O) groups is 2. The molecule has 2 amide bonds. The first-order valence-corrected chi connectivity index (χ1v) is 8.95. The van der Waals surface area contributed by atoms with Gasteiger partial charge in [-0.25, -0.2) is 4.98 Å². The van der Waals surface area contributed by atoms with E-state index in [9.17, 15) is 19.5 Å². The van der Waals surface area contributed by atoms with Crippen molar-refractivity contribution in [3.63, 3.8) is 0 Å². The van der Waals surface area contributed by atoms with E-state index < -0.39 is 22.8 Å². The second-order valence-corrected chi connectivity index (χ2v) is 7.31. The van der Waals surface area contributed by atoms with E-state index in [2.05, 4.69) is 15.6 Å². The third-order valence-electron chi connectivity index (χ3n) is 4.97. The van der Waals surface area contributed by atoms with Crippen molar-refractivity contribution in [3.8, 4) is 5.75 Å². The van der Waals surface area contributed by atoms with Crippen molar-refractivity contribution >= 4 is 17.5 Å². The van der Waals surface area contributed by atoms with Crippen LogP contribution in [0.15, 0.2) is 23.0 Å². The lowest BCUT2D eigenvalue weighted by Gasteiger charge is -2.32. The van der Waals surface area contributed by atoms with Gasteiger partial charge in [0.2, 0.25) is 11.7 Å². The maximum atomic E-state index is 12.6. The molecule has 0 aliphatic carbocycles. The molecule has 0 radical (unpaired) electrons. The fourth-order valence-electron chi connectivity index (χ4n) is 3.55. The lowest BCUT2D eigenvalue weighted by Crippen LogP contribution is -2.42. The van der Waals surface area contributed by atoms with Crippen LogP contribution in [-0.4, -0.2) is 33.1 Å². The summed E-state index contributed by atoms with van der Waals surface area (Å²) in [5, 5.41) is 15.7. The first-order valence-electron chi connectivity index (χ1n) is 8.95. The number of rotatable bonds is 3. The molecule has 0 saturated carbocycles. The van der Waals surface area contributed by atoms with E-state index in [4.69, 9.17) is 4.74 Å². The van der Waals surface area contributed by atoms with Crippen molar-refractivity contribution in [1.29, 1.82) is 0 Å². The predicted molar refractivity (Wildman–Crippen MR) is 99.1 cm³/mol. The van der Waals surface area contributed by atoms with Gasteiger partial charge in [-0.15, -0.1) is 0 Å². The van der Waals surface area contributed by atoms with Crippen molar-refractivity contribution < 1.29 is 19.4 Å². The standard InChI is InChI=1S/C19H20N4O5/c1-19(2)18-22-14(15(25)17(27)23(18)6-7-28-19)16(26)20-9-11-5-3-4-10-8-12(24)21-13(10)11/h3-5,25H,6-9H2,1-2H3,(H,20,26)(H,21,24). The van der Waals surface area contributed by atoms with Crippen LogP contribution in [0.2, 0.25) is 0 Å². The van der Waals surface area contributed by atoms with Crippen LogP contribution in [0.1, 0.15) is 41.3 Å². The highest BCUT2D eigenvalue weighted by Gasteiger charge is 2.34. The smallest absolute Gasteiger partial charge is 0.296 e. The number of fused-ring (bicyclic) bond motifs is 2. The van der Waals surface area contributed by atoms with E-state index in [0.29, 0.717) is 24.5 Å². The Balaban J connectivity index is 1.62. The van der Waals surface area contributed by atoms with Gasteiger partial charge in [0.25, 0.3) is 11.5 Å². The number of ether oxygens (including phenoxy) is 1. The highest BCUT2D eigenvalue weighted by Crippen LogP contribution is 2.28. The minimum atomic E-state index is -0.856. The first kappa shape index (κ1) is 18.2. The molecule has 0 saturated heterocycles. The van der Waals surface area contributed by atoms with Gasteiger partial charge in [0, 0.05) is 12.2 Å². The normalized spacial score (nSPS) is 16.9. The third-order valence-corrected chi connectivity index (χ3v) is 4.97. The van der Waals surface area contributed by atoms with Gasteiger partial charge in [-0.2, -0.15) is 0 Å². The second-order valence-electron chi connectivity index (χ2n) is 7.31. The topological polar surface area (TPSA) is 123 Å². The molecule has 3 N–H and O–H groups in total. The average Bonchev–Trinajstić information content (AvgIpc) is 3.03. The van der Waals surface area contributed by atoms with E-state index in [-0.39, 0.29) is 24.7 Å². The third kappa shape index (κ3) is 2.93. The highest BCUT2D eigenvalue weighted by atomic mass is 16.5. The SMILES string of the molecule is CC1(C)OCCn2c1nc(C(=O)NCc1cccc3c1NC(=O)C3)c(O)c2=O. The van der Waals surface area contributed by atoms with Gasteiger partial charge >= 0.3 is 0 Å². The number of anilines is 1. The van der Waals surface area contributed by atoms with Crippen LogP contribution in [0, 0.1) is 0 Å². The van der Waals surface area contributed by atoms with Gasteiger partial charge in [0.05, 0.1) is 19.6 Å². The number of hydrogen-bond donors (Lipinski definition) is 3. The molecule has 28 heavy (non-hydrogen) atoms. The largest absolute Gasteiger partial charge is 0.501 e. The number of amides is 2. The predicted octanol–water partition coefficient (Wildman–Crippen LogP) is 0.639. The molecule has 2 aliphatic heterocycles. The molecule has 1 aromatic heterocycles. The van der Waals surface area contributed by atoms with E-state index in [1.807, 2.05) is 12.1 Å². The van der Waals surface area contributed by atoms with Gasteiger partial charge in [0.1, 0.15) is 11.4 Å². The fourth-order valence-corrected chi connectivity index (χ4v) is 3.55. The Labute approximate surface area is 160 Å². The number of nitrogens with one attached hydrogen (secondary N) is 2. The quantitative estimate of drug-likeness (QED) is 0.714. The molecule has 1 aromatic carbocycles. The summed E-state index contributed by atoms with van der Waals surface area (Å²) in [4.78, 5) is 41.0. The summed E-state index contributed by atoms with van der Waals surface area (Å²) in [7, 11) is 0. The molecule has 0 bridgehead atoms. The van der Waals surface area contributed by atoms with E-state index in [1.54, 1.807) is 19.9 Å². The second kappa shape index (κ2) is 6.45. The van der Waals surface area contributed by atoms with Gasteiger partial charge in [-0.05, 0) is 25.0 Å². The van der Waals surface area contributed by atoms with Crippen molar-refractivity contribution in [2.75, 3.05) is 11.9 Å². The van der Waals surface area contributed by atoms with Gasteiger partial charge < -0.3 is 20.5 Å². The number of carbonyl (C=O) groups excluding carboxylic acids is 2. The molecule has 146 valence electrons. The van der Waals surface area contributed by atoms with Crippen molar-refractivity contribution in [3.05, 3.63) is 51.2 Å². The number of hydrogen-bond acceptors (Lipinski definition) is 6. The lowest BCUT2D eigenvalue weighted by molar-refractivity contribution is -0.115. The molecule has 4 rings (SSSR count). The van der Waals surface area contributed by atoms with Gasteiger partial charge in [-0.1, -0.05) is 18.2 Å². The number of para-hydroxylation sites is 1. The Kier molecular flexibility index (Phi) is 4.19. The van der Waals surface area contributed by atoms with Gasteiger partial charge in [0.15, 0.2) is 5.69 Å². The molecule has 9 heteroatoms. The molecule has 0 spiro atoms. The minimum absolute atomic E-state index is 0.0990. The minimum Gasteiger partial charge on any atom is -0.501 e. The summed E-state index contributed by atoms with van der Waals surface area (Å²) in [6.07, 6.45) is 0.302. The molecular formula is C19H20N4O5. The number of aromatic hydroxyl groups is 1. The summed E-state index contributed by atoms with van der Waals surface area (Å²) in [5.41, 5.74) is 0.416. The summed E-state index contributed by atoms with van der Waals surface area (Å²) in [5.74, 6) is -1.18. The molecule has 0 unspecified atom stereocenters. The molecule has 0 fully saturated rings. The van der Waals surface area contributed by atoms with E-state index in [1.165, 1.54) is 4.57 Å². The zero-order valence-electron chi connectivity index (χ0n) is 15.5. The molecular weight excluding hydrogens is 364 g/mol. The van der Waals surface area contributed by atoms with Crippen LogP contribution in [0.5, 0.6) is 5.75 Å². The van der Waals surface area contributed by atoms with Crippen LogP contribution in [-0.2, 0) is 34.6 Å². The first-order chi connectivity index (χ1) is 13.3. The lowest BCUT2D eigenvalue weighted by atomic mass is 10.1. The van der Waals surface area contributed by atoms with Crippen molar-refractivity contribution in [1.82, 2.24) is 14.9 Å². The maximum absolute atomic E-state index is 12.6. The Morgan fingerprint density at radius 1 is 1.39 bits per heavy atom. The Hall–Kier alpha value is -3.20. The number of benzene rings is 1. The summed E-state index contributed by atoms with van der Waals surface area (Å²) in [6.45, 7) is 4.19. The monoisotopic (exact) mass is 384 g/mol. The Morgan fingerprint density at radius 2 is 2.18 bits per heavy atom. The molecule has 3 heterocycles. The molecule has 9 nitrogen and oxygen atoms in total. The van der Waals surface area contributed by atoms with E-state index >= 15 is 0 Å². The Bertz CT molecular complexity index is 1060. The zero-order chi connectivity index (χ0) is 20.1. The van der Waals surface area contributed by atoms with Crippen LogP contribution in [0.4, 0.5) is 5.69 Å². The van der Waals surface area contributed by atoms with Crippen LogP contribution < -0.4 is 16.2 Å². The number of aromatic nitrogens is 2. The number of nitrogens with zero attached hydrogens (tertiary/aromatic N) is 2. The fraction of sp³-hybridized carbons (Fsp3) is 0.368. The maximum Gasteiger partial charge on any atom is 0.296 e. The summed E-state index contributed by atoms with van der Waals surface area (Å²) >= 11 is 0. The van der Waals surface area contributed by atoms with Crippen molar-refractivity contribution in [2.24, 2.45) is 0 Å². The average molecular weight is 384 g/mol. The van der Waals surface area contributed by atoms with Crippen LogP contribution in [0.25, 0.3) is 0 Å². The van der Waals surface area contributed by atoms with Crippen molar-refractivity contribution in [2.45, 2.75) is 39.0 Å². The van der Waals surface area contributed by atoms with Gasteiger partial charge in [-0.3, -0.25) is 19.0 Å². The zero-order valence-corrected chi connectivity index (χ0v) is 15.5.